The molecule has 0 heterocycles. The monoisotopic (exact) mass is 348 g/mol. The minimum atomic E-state index is -3.86. The van der Waals surface area contributed by atoms with Crippen molar-refractivity contribution in [1.82, 2.24) is 4.72 Å². The van der Waals surface area contributed by atoms with Crippen molar-refractivity contribution < 1.29 is 13.3 Å². The van der Waals surface area contributed by atoms with E-state index in [0.29, 0.717) is 4.47 Å². The third-order valence-corrected chi connectivity index (χ3v) is 5.13. The van der Waals surface area contributed by atoms with Crippen LogP contribution in [0.15, 0.2) is 27.6 Å². The van der Waals surface area contributed by atoms with Crippen LogP contribution in [0.25, 0.3) is 0 Å². The molecule has 19 heavy (non-hydrogen) atoms. The Bertz CT molecular complexity index is 597. The molecule has 1 saturated carbocycles. The Morgan fingerprint density at radius 3 is 2.53 bits per heavy atom. The minimum absolute atomic E-state index is 0.122. The van der Waals surface area contributed by atoms with Gasteiger partial charge in [0.15, 0.2) is 4.90 Å². The van der Waals surface area contributed by atoms with Crippen LogP contribution in [0.5, 0.6) is 0 Å². The molecule has 0 radical (unpaired) electrons. The molecule has 0 bridgehead atoms. The average Bonchev–Trinajstić information content (AvgIpc) is 2.80. The zero-order valence-electron chi connectivity index (χ0n) is 10.0. The third kappa shape index (κ3) is 3.31. The lowest BCUT2D eigenvalue weighted by molar-refractivity contribution is -0.387. The topological polar surface area (TPSA) is 89.3 Å². The first-order valence-electron chi connectivity index (χ1n) is 5.86. The van der Waals surface area contributed by atoms with E-state index in [1.54, 1.807) is 0 Å². The van der Waals surface area contributed by atoms with Crippen LogP contribution in [0.1, 0.15) is 25.7 Å². The van der Waals surface area contributed by atoms with Crippen molar-refractivity contribution in [3.63, 3.8) is 0 Å². The molecule has 6 nitrogen and oxygen atoms in total. The smallest absolute Gasteiger partial charge is 0.258 e. The van der Waals surface area contributed by atoms with Gasteiger partial charge in [-0.2, -0.15) is 0 Å². The summed E-state index contributed by atoms with van der Waals surface area (Å²) in [6.45, 7) is 0. The van der Waals surface area contributed by atoms with Gasteiger partial charge in [-0.15, -0.1) is 0 Å². The van der Waals surface area contributed by atoms with Crippen LogP contribution in [0.4, 0.5) is 5.69 Å². The van der Waals surface area contributed by atoms with Crippen molar-refractivity contribution in [2.45, 2.75) is 36.6 Å². The highest BCUT2D eigenvalue weighted by Crippen LogP contribution is 2.28. The number of halogens is 1. The number of benzene rings is 1. The fourth-order valence-corrected chi connectivity index (χ4v) is 4.19. The number of nitrogens with one attached hydrogen (secondary N) is 1. The van der Waals surface area contributed by atoms with Gasteiger partial charge in [0.2, 0.25) is 10.0 Å². The molecule has 0 atom stereocenters. The van der Waals surface area contributed by atoms with Crippen molar-refractivity contribution in [3.8, 4) is 0 Å². The molecule has 0 amide bonds. The van der Waals surface area contributed by atoms with Gasteiger partial charge < -0.3 is 0 Å². The van der Waals surface area contributed by atoms with E-state index in [2.05, 4.69) is 20.7 Å². The van der Waals surface area contributed by atoms with E-state index in [-0.39, 0.29) is 10.9 Å². The Hall–Kier alpha value is -0.990. The van der Waals surface area contributed by atoms with E-state index in [0.717, 1.165) is 25.7 Å². The maximum Gasteiger partial charge on any atom is 0.289 e. The molecule has 1 aromatic rings. The number of hydrogen-bond donors (Lipinski definition) is 1. The van der Waals surface area contributed by atoms with Crippen molar-refractivity contribution >= 4 is 31.6 Å². The maximum absolute atomic E-state index is 12.2. The SMILES string of the molecule is O=[N+]([O-])c1ccc(Br)cc1S(=O)(=O)NC1CCCC1. The zero-order valence-corrected chi connectivity index (χ0v) is 12.4. The molecule has 1 aliphatic carbocycles. The maximum atomic E-state index is 12.2. The molecule has 8 heteroatoms. The first kappa shape index (κ1) is 14.4. The Morgan fingerprint density at radius 1 is 1.32 bits per heavy atom. The highest BCUT2D eigenvalue weighted by Gasteiger charge is 2.29. The molecule has 0 unspecified atom stereocenters. The van der Waals surface area contributed by atoms with E-state index in [9.17, 15) is 18.5 Å². The largest absolute Gasteiger partial charge is 0.289 e. The number of hydrogen-bond acceptors (Lipinski definition) is 4. The van der Waals surface area contributed by atoms with Crippen LogP contribution in [0, 0.1) is 10.1 Å². The lowest BCUT2D eigenvalue weighted by Crippen LogP contribution is -2.33. The van der Waals surface area contributed by atoms with Gasteiger partial charge >= 0.3 is 0 Å². The summed E-state index contributed by atoms with van der Waals surface area (Å²) >= 11 is 3.14. The first-order chi connectivity index (χ1) is 8.90. The van der Waals surface area contributed by atoms with Gasteiger partial charge in [0, 0.05) is 16.6 Å². The molecule has 0 spiro atoms. The predicted molar refractivity (Wildman–Crippen MR) is 73.4 cm³/mol. The summed E-state index contributed by atoms with van der Waals surface area (Å²) in [7, 11) is -3.86. The summed E-state index contributed by atoms with van der Waals surface area (Å²) in [6.07, 6.45) is 3.52. The molecule has 1 aliphatic rings. The summed E-state index contributed by atoms with van der Waals surface area (Å²) in [4.78, 5) is 9.94. The van der Waals surface area contributed by atoms with Gasteiger partial charge in [-0.1, -0.05) is 28.8 Å². The Kier molecular flexibility index (Phi) is 4.22. The van der Waals surface area contributed by atoms with Crippen molar-refractivity contribution in [2.75, 3.05) is 0 Å². The number of sulfonamides is 1. The van der Waals surface area contributed by atoms with E-state index in [1.807, 2.05) is 0 Å². The van der Waals surface area contributed by atoms with Crippen LogP contribution in [-0.4, -0.2) is 19.4 Å². The normalized spacial score (nSPS) is 16.7. The minimum Gasteiger partial charge on any atom is -0.258 e. The van der Waals surface area contributed by atoms with E-state index in [1.165, 1.54) is 18.2 Å². The van der Waals surface area contributed by atoms with Crippen LogP contribution < -0.4 is 4.72 Å². The molecule has 104 valence electrons. The summed E-state index contributed by atoms with van der Waals surface area (Å²) < 4.78 is 27.5. The van der Waals surface area contributed by atoms with E-state index < -0.39 is 20.6 Å². The standard InChI is InChI=1S/C11H13BrN2O4S/c12-8-5-6-10(14(15)16)11(7-8)19(17,18)13-9-3-1-2-4-9/h5-7,9,13H,1-4H2. The summed E-state index contributed by atoms with van der Waals surface area (Å²) in [6, 6.07) is 3.78. The van der Waals surface area contributed by atoms with E-state index >= 15 is 0 Å². The Morgan fingerprint density at radius 2 is 1.95 bits per heavy atom. The van der Waals surface area contributed by atoms with Crippen molar-refractivity contribution in [3.05, 3.63) is 32.8 Å². The van der Waals surface area contributed by atoms with E-state index in [4.69, 9.17) is 0 Å². The predicted octanol–water partition coefficient (Wildman–Crippen LogP) is 2.58. The second-order valence-corrected chi connectivity index (χ2v) is 7.07. The van der Waals surface area contributed by atoms with Crippen LogP contribution in [-0.2, 0) is 10.0 Å². The molecule has 0 saturated heterocycles. The van der Waals surface area contributed by atoms with Gasteiger partial charge in [-0.25, -0.2) is 13.1 Å². The average molecular weight is 349 g/mol. The van der Waals surface area contributed by atoms with Gasteiger partial charge in [0.1, 0.15) is 0 Å². The molecule has 1 N–H and O–H groups in total. The van der Waals surface area contributed by atoms with Gasteiger partial charge in [0.05, 0.1) is 4.92 Å². The number of nitrogens with zero attached hydrogens (tertiary/aromatic N) is 1. The van der Waals surface area contributed by atoms with Crippen molar-refractivity contribution in [1.29, 1.82) is 0 Å². The summed E-state index contributed by atoms with van der Waals surface area (Å²) in [5.74, 6) is 0. The van der Waals surface area contributed by atoms with Gasteiger partial charge in [0.25, 0.3) is 5.69 Å². The molecule has 2 rings (SSSR count). The molecule has 0 aliphatic heterocycles. The molecular formula is C11H13BrN2O4S. The van der Waals surface area contributed by atoms with Gasteiger partial charge in [-0.05, 0) is 25.0 Å². The van der Waals surface area contributed by atoms with Crippen LogP contribution in [0.2, 0.25) is 0 Å². The Labute approximate surface area is 119 Å². The lowest BCUT2D eigenvalue weighted by atomic mass is 10.3. The molecule has 0 aromatic heterocycles. The van der Waals surface area contributed by atoms with Gasteiger partial charge in [-0.3, -0.25) is 10.1 Å². The highest BCUT2D eigenvalue weighted by atomic mass is 79.9. The van der Waals surface area contributed by atoms with Crippen LogP contribution >= 0.6 is 15.9 Å². The first-order valence-corrected chi connectivity index (χ1v) is 8.14. The number of nitro groups is 1. The quantitative estimate of drug-likeness (QED) is 0.668. The summed E-state index contributed by atoms with van der Waals surface area (Å²) in [5.41, 5.74) is -0.409. The molecule has 1 aromatic carbocycles. The lowest BCUT2D eigenvalue weighted by Gasteiger charge is -2.12. The molecule has 1 fully saturated rings. The number of nitro benzene ring substituents is 1. The second kappa shape index (κ2) is 5.56. The fraction of sp³-hybridized carbons (Fsp3) is 0.455. The van der Waals surface area contributed by atoms with Crippen LogP contribution in [0.3, 0.4) is 0 Å². The fourth-order valence-electron chi connectivity index (χ4n) is 2.18. The molecular weight excluding hydrogens is 336 g/mol. The van der Waals surface area contributed by atoms with Crippen molar-refractivity contribution in [2.24, 2.45) is 0 Å². The number of rotatable bonds is 4. The zero-order chi connectivity index (χ0) is 14.0. The summed E-state index contributed by atoms with van der Waals surface area (Å²) in [5, 5.41) is 10.9. The highest BCUT2D eigenvalue weighted by molar-refractivity contribution is 9.10. The third-order valence-electron chi connectivity index (χ3n) is 3.09. The Balaban J connectivity index is 2.38. The second-order valence-electron chi connectivity index (χ2n) is 4.47.